The molecule has 0 aliphatic heterocycles. The van der Waals surface area contributed by atoms with Gasteiger partial charge in [-0.3, -0.25) is 0 Å². The molecule has 1 heterocycles. The van der Waals surface area contributed by atoms with E-state index < -0.39 is 11.4 Å². The maximum absolute atomic E-state index is 12.5. The molecular formula is C16H15N3O3. The fourth-order valence-corrected chi connectivity index (χ4v) is 2.32. The predicted octanol–water partition coefficient (Wildman–Crippen LogP) is 1.58. The highest BCUT2D eigenvalue weighted by Crippen LogP contribution is 2.21. The summed E-state index contributed by atoms with van der Waals surface area (Å²) in [6.45, 7) is 1.97. The highest BCUT2D eigenvalue weighted by molar-refractivity contribution is 5.47. The van der Waals surface area contributed by atoms with E-state index in [9.17, 15) is 14.7 Å². The lowest BCUT2D eigenvalue weighted by molar-refractivity contribution is 0.469. The first-order valence-corrected chi connectivity index (χ1v) is 6.93. The largest absolute Gasteiger partial charge is 0.506 e. The SMILES string of the molecule is CCc1ccc(O)c(-n2[nH]c(=O)n(-c3ccccc3)c2=O)c1. The van der Waals surface area contributed by atoms with Crippen LogP contribution in [-0.4, -0.2) is 19.5 Å². The zero-order chi connectivity index (χ0) is 15.7. The van der Waals surface area contributed by atoms with Gasteiger partial charge in [-0.1, -0.05) is 31.2 Å². The number of aryl methyl sites for hydroxylation is 1. The van der Waals surface area contributed by atoms with E-state index in [2.05, 4.69) is 5.10 Å². The van der Waals surface area contributed by atoms with Crippen molar-refractivity contribution in [3.63, 3.8) is 0 Å². The molecule has 0 saturated heterocycles. The van der Waals surface area contributed by atoms with Gasteiger partial charge in [0, 0.05) is 0 Å². The van der Waals surface area contributed by atoms with Crippen molar-refractivity contribution in [2.24, 2.45) is 0 Å². The lowest BCUT2D eigenvalue weighted by Gasteiger charge is -2.06. The smallest absolute Gasteiger partial charge is 0.356 e. The van der Waals surface area contributed by atoms with Gasteiger partial charge in [-0.05, 0) is 36.2 Å². The van der Waals surface area contributed by atoms with Crippen molar-refractivity contribution in [1.82, 2.24) is 14.3 Å². The van der Waals surface area contributed by atoms with Crippen LogP contribution in [0.25, 0.3) is 11.4 Å². The average molecular weight is 297 g/mol. The molecule has 112 valence electrons. The molecule has 0 fully saturated rings. The minimum absolute atomic E-state index is 0.0687. The van der Waals surface area contributed by atoms with Gasteiger partial charge in [0.05, 0.1) is 5.69 Å². The van der Waals surface area contributed by atoms with Gasteiger partial charge in [0.15, 0.2) is 0 Å². The summed E-state index contributed by atoms with van der Waals surface area (Å²) in [4.78, 5) is 24.6. The Labute approximate surface area is 125 Å². The van der Waals surface area contributed by atoms with E-state index in [1.54, 1.807) is 42.5 Å². The van der Waals surface area contributed by atoms with Crippen molar-refractivity contribution in [2.75, 3.05) is 0 Å². The van der Waals surface area contributed by atoms with Gasteiger partial charge >= 0.3 is 11.4 Å². The van der Waals surface area contributed by atoms with Gasteiger partial charge in [0.2, 0.25) is 0 Å². The molecule has 3 aromatic rings. The van der Waals surface area contributed by atoms with Crippen molar-refractivity contribution >= 4 is 0 Å². The number of nitrogens with one attached hydrogen (secondary N) is 1. The number of phenolic OH excluding ortho intramolecular Hbond substituents is 1. The van der Waals surface area contributed by atoms with Gasteiger partial charge < -0.3 is 5.11 Å². The summed E-state index contributed by atoms with van der Waals surface area (Å²) in [7, 11) is 0. The van der Waals surface area contributed by atoms with Gasteiger partial charge in [-0.2, -0.15) is 4.68 Å². The van der Waals surface area contributed by atoms with Gasteiger partial charge in [-0.25, -0.2) is 19.3 Å². The molecule has 0 spiro atoms. The van der Waals surface area contributed by atoms with E-state index in [4.69, 9.17) is 0 Å². The summed E-state index contributed by atoms with van der Waals surface area (Å²) in [5.74, 6) is -0.0687. The number of aromatic hydroxyl groups is 1. The van der Waals surface area contributed by atoms with E-state index in [1.807, 2.05) is 6.92 Å². The quantitative estimate of drug-likeness (QED) is 0.770. The van der Waals surface area contributed by atoms with Crippen molar-refractivity contribution in [3.8, 4) is 17.1 Å². The van der Waals surface area contributed by atoms with Crippen LogP contribution in [-0.2, 0) is 6.42 Å². The molecular weight excluding hydrogens is 282 g/mol. The third-order valence-electron chi connectivity index (χ3n) is 3.50. The summed E-state index contributed by atoms with van der Waals surface area (Å²) in [5.41, 5.74) is 0.569. The number of aromatic nitrogens is 3. The molecule has 3 rings (SSSR count). The molecule has 6 heteroatoms. The summed E-state index contributed by atoms with van der Waals surface area (Å²) in [5, 5.41) is 12.5. The third kappa shape index (κ3) is 2.24. The molecule has 1 aromatic heterocycles. The maximum atomic E-state index is 12.5. The van der Waals surface area contributed by atoms with Crippen LogP contribution >= 0.6 is 0 Å². The summed E-state index contributed by atoms with van der Waals surface area (Å²) in [6, 6.07) is 13.6. The van der Waals surface area contributed by atoms with Gasteiger partial charge in [-0.15, -0.1) is 0 Å². The molecule has 2 aromatic carbocycles. The van der Waals surface area contributed by atoms with Crippen molar-refractivity contribution in [1.29, 1.82) is 0 Å². The van der Waals surface area contributed by atoms with Crippen LogP contribution < -0.4 is 11.4 Å². The van der Waals surface area contributed by atoms with Crippen molar-refractivity contribution in [2.45, 2.75) is 13.3 Å². The number of para-hydroxylation sites is 1. The second-order valence-corrected chi connectivity index (χ2v) is 4.88. The third-order valence-corrected chi connectivity index (χ3v) is 3.50. The Morgan fingerprint density at radius 3 is 2.50 bits per heavy atom. The normalized spacial score (nSPS) is 10.8. The summed E-state index contributed by atoms with van der Waals surface area (Å²) < 4.78 is 2.09. The fraction of sp³-hybridized carbons (Fsp3) is 0.125. The van der Waals surface area contributed by atoms with Crippen LogP contribution in [0, 0.1) is 0 Å². The van der Waals surface area contributed by atoms with Crippen molar-refractivity contribution in [3.05, 3.63) is 75.1 Å². The fourth-order valence-electron chi connectivity index (χ4n) is 2.32. The molecule has 6 nitrogen and oxygen atoms in total. The molecule has 0 aliphatic rings. The summed E-state index contributed by atoms with van der Waals surface area (Å²) >= 11 is 0. The summed E-state index contributed by atoms with van der Waals surface area (Å²) in [6.07, 6.45) is 0.756. The Morgan fingerprint density at radius 2 is 1.82 bits per heavy atom. The molecule has 0 atom stereocenters. The minimum atomic E-state index is -0.558. The first-order valence-electron chi connectivity index (χ1n) is 6.93. The predicted molar refractivity (Wildman–Crippen MR) is 83.0 cm³/mol. The minimum Gasteiger partial charge on any atom is -0.506 e. The first-order chi connectivity index (χ1) is 10.6. The Hall–Kier alpha value is -3.02. The topological polar surface area (TPSA) is 80.0 Å². The Balaban J connectivity index is 2.23. The molecule has 22 heavy (non-hydrogen) atoms. The number of benzene rings is 2. The molecule has 0 aliphatic carbocycles. The molecule has 0 saturated carbocycles. The van der Waals surface area contributed by atoms with E-state index in [0.717, 1.165) is 21.2 Å². The van der Waals surface area contributed by atoms with Crippen LogP contribution in [0.5, 0.6) is 5.75 Å². The number of aromatic amines is 1. The van der Waals surface area contributed by atoms with Crippen molar-refractivity contribution < 1.29 is 5.11 Å². The van der Waals surface area contributed by atoms with E-state index >= 15 is 0 Å². The number of rotatable bonds is 3. The standard InChI is InChI=1S/C16H15N3O3/c1-2-11-8-9-14(20)13(10-11)19-16(22)18(15(21)17-19)12-6-4-3-5-7-12/h3-10,20H,2H2,1H3,(H,17,21). The monoisotopic (exact) mass is 297 g/mol. The lowest BCUT2D eigenvalue weighted by atomic mass is 10.1. The number of hydrogen-bond donors (Lipinski definition) is 2. The number of phenols is 1. The zero-order valence-corrected chi connectivity index (χ0v) is 12.0. The van der Waals surface area contributed by atoms with Crippen LogP contribution in [0.15, 0.2) is 58.1 Å². The zero-order valence-electron chi connectivity index (χ0n) is 12.0. The second-order valence-electron chi connectivity index (χ2n) is 4.88. The highest BCUT2D eigenvalue weighted by Gasteiger charge is 2.14. The molecule has 0 radical (unpaired) electrons. The molecule has 0 amide bonds. The van der Waals surface area contributed by atoms with Crippen LogP contribution in [0.2, 0.25) is 0 Å². The van der Waals surface area contributed by atoms with Gasteiger partial charge in [0.25, 0.3) is 0 Å². The number of nitrogens with zero attached hydrogens (tertiary/aromatic N) is 2. The highest BCUT2D eigenvalue weighted by atomic mass is 16.3. The first kappa shape index (κ1) is 13.9. The maximum Gasteiger partial charge on any atom is 0.356 e. The molecule has 0 unspecified atom stereocenters. The number of hydrogen-bond acceptors (Lipinski definition) is 3. The van der Waals surface area contributed by atoms with Gasteiger partial charge in [0.1, 0.15) is 11.4 Å². The molecule has 2 N–H and O–H groups in total. The molecule has 0 bridgehead atoms. The Morgan fingerprint density at radius 1 is 1.09 bits per heavy atom. The Kier molecular flexibility index (Phi) is 3.42. The van der Waals surface area contributed by atoms with E-state index in [-0.39, 0.29) is 11.4 Å². The van der Waals surface area contributed by atoms with E-state index in [1.165, 1.54) is 6.07 Å². The Bertz CT molecular complexity index is 920. The lowest BCUT2D eigenvalue weighted by Crippen LogP contribution is -2.26. The second kappa shape index (κ2) is 5.40. The van der Waals surface area contributed by atoms with Crippen LogP contribution in [0.3, 0.4) is 0 Å². The average Bonchev–Trinajstić information content (AvgIpc) is 2.83. The van der Waals surface area contributed by atoms with Crippen LogP contribution in [0.4, 0.5) is 0 Å². The number of H-pyrrole nitrogens is 1. The van der Waals surface area contributed by atoms with Crippen LogP contribution in [0.1, 0.15) is 12.5 Å². The van der Waals surface area contributed by atoms with E-state index in [0.29, 0.717) is 5.69 Å².